The molecule has 0 unspecified atom stereocenters. The Morgan fingerprint density at radius 3 is 2.63 bits per heavy atom. The molecule has 2 aromatic rings. The summed E-state index contributed by atoms with van der Waals surface area (Å²) in [6.07, 6.45) is 1.72. The van der Waals surface area contributed by atoms with Gasteiger partial charge in [-0.15, -0.1) is 0 Å². The zero-order valence-corrected chi connectivity index (χ0v) is 17.5. The Hall–Kier alpha value is -3.22. The van der Waals surface area contributed by atoms with Crippen LogP contribution in [-0.2, 0) is 0 Å². The average molecular weight is 409 g/mol. The van der Waals surface area contributed by atoms with Gasteiger partial charge >= 0.3 is 12.1 Å². The molecule has 2 aliphatic heterocycles. The topological polar surface area (TPSA) is 73.9 Å². The number of carbonyl (C=O) groups is 2. The van der Waals surface area contributed by atoms with Gasteiger partial charge in [0.2, 0.25) is 0 Å². The smallest absolute Gasteiger partial charge is 0.321 e. The van der Waals surface area contributed by atoms with Crippen LogP contribution in [0.3, 0.4) is 0 Å². The molecule has 2 aromatic carbocycles. The first-order valence-electron chi connectivity index (χ1n) is 10.4. The van der Waals surface area contributed by atoms with Crippen molar-refractivity contribution in [3.8, 4) is 5.75 Å². The van der Waals surface area contributed by atoms with E-state index in [-0.39, 0.29) is 18.2 Å². The lowest BCUT2D eigenvalue weighted by Crippen LogP contribution is -2.43. The first kappa shape index (κ1) is 20.1. The van der Waals surface area contributed by atoms with E-state index >= 15 is 0 Å². The zero-order valence-electron chi connectivity index (χ0n) is 17.5. The summed E-state index contributed by atoms with van der Waals surface area (Å²) in [7, 11) is 0. The van der Waals surface area contributed by atoms with Gasteiger partial charge < -0.3 is 20.3 Å². The summed E-state index contributed by atoms with van der Waals surface area (Å²) in [5, 5.41) is 5.75. The Balaban J connectivity index is 1.31. The summed E-state index contributed by atoms with van der Waals surface area (Å²) in [5.74, 6) is 0.931. The first-order valence-corrected chi connectivity index (χ1v) is 10.4. The summed E-state index contributed by atoms with van der Waals surface area (Å²) < 4.78 is 6.19. The molecule has 2 aliphatic rings. The number of amides is 4. The van der Waals surface area contributed by atoms with Crippen LogP contribution in [-0.4, -0.2) is 49.2 Å². The molecular weight excluding hydrogens is 380 g/mol. The molecule has 7 heteroatoms. The molecule has 2 saturated heterocycles. The Kier molecular flexibility index (Phi) is 5.79. The zero-order chi connectivity index (χ0) is 21.1. The quantitative estimate of drug-likeness (QED) is 0.806. The number of anilines is 2. The van der Waals surface area contributed by atoms with E-state index in [2.05, 4.69) is 42.7 Å². The van der Waals surface area contributed by atoms with E-state index in [1.165, 1.54) is 5.56 Å². The molecule has 2 N–H and O–H groups in total. The third-order valence-electron chi connectivity index (χ3n) is 5.63. The highest BCUT2D eigenvalue weighted by Gasteiger charge is 2.25. The van der Waals surface area contributed by atoms with Crippen molar-refractivity contribution in [1.29, 1.82) is 0 Å². The lowest BCUT2D eigenvalue weighted by Gasteiger charge is -2.32. The van der Waals surface area contributed by atoms with E-state index in [9.17, 15) is 9.59 Å². The molecule has 0 aromatic heterocycles. The third-order valence-corrected chi connectivity index (χ3v) is 5.63. The molecule has 2 fully saturated rings. The number of piperidine rings is 1. The fourth-order valence-corrected chi connectivity index (χ4v) is 3.86. The fourth-order valence-electron chi connectivity index (χ4n) is 3.86. The first-order chi connectivity index (χ1) is 14.5. The predicted molar refractivity (Wildman–Crippen MR) is 117 cm³/mol. The molecule has 0 spiro atoms. The van der Waals surface area contributed by atoms with Gasteiger partial charge in [0.05, 0.1) is 0 Å². The molecule has 0 bridgehead atoms. The third kappa shape index (κ3) is 4.50. The second kappa shape index (κ2) is 8.65. The predicted octanol–water partition coefficient (Wildman–Crippen LogP) is 3.91. The van der Waals surface area contributed by atoms with Crippen LogP contribution < -0.4 is 20.3 Å². The van der Waals surface area contributed by atoms with Crippen LogP contribution >= 0.6 is 0 Å². The Morgan fingerprint density at radius 1 is 1.10 bits per heavy atom. The normalized spacial score (nSPS) is 17.1. The molecule has 4 rings (SSSR count). The van der Waals surface area contributed by atoms with Gasteiger partial charge in [-0.1, -0.05) is 18.2 Å². The van der Waals surface area contributed by atoms with Crippen molar-refractivity contribution in [2.45, 2.75) is 32.8 Å². The number of nitrogens with one attached hydrogen (secondary N) is 2. The van der Waals surface area contributed by atoms with Crippen LogP contribution in [0.1, 0.15) is 24.0 Å². The summed E-state index contributed by atoms with van der Waals surface area (Å²) in [4.78, 5) is 28.1. The highest BCUT2D eigenvalue weighted by molar-refractivity contribution is 5.95. The van der Waals surface area contributed by atoms with Crippen LogP contribution in [0.4, 0.5) is 21.0 Å². The Bertz CT molecular complexity index is 938. The van der Waals surface area contributed by atoms with Gasteiger partial charge in [0.15, 0.2) is 0 Å². The van der Waals surface area contributed by atoms with Gasteiger partial charge in [-0.25, -0.2) is 9.59 Å². The Labute approximate surface area is 177 Å². The summed E-state index contributed by atoms with van der Waals surface area (Å²) in [6.45, 7) is 6.67. The molecule has 4 amide bonds. The van der Waals surface area contributed by atoms with Gasteiger partial charge in [0, 0.05) is 50.4 Å². The number of aryl methyl sites for hydroxylation is 2. The second-order valence-corrected chi connectivity index (χ2v) is 7.94. The number of likely N-dealkylation sites (tertiary alicyclic amines) is 1. The van der Waals surface area contributed by atoms with E-state index in [0.717, 1.165) is 29.8 Å². The van der Waals surface area contributed by atoms with Crippen molar-refractivity contribution in [1.82, 2.24) is 10.2 Å². The number of carbonyl (C=O) groups excluding carboxylic acids is 2. The van der Waals surface area contributed by atoms with Crippen molar-refractivity contribution < 1.29 is 14.3 Å². The summed E-state index contributed by atoms with van der Waals surface area (Å²) in [5.41, 5.74) is 3.78. The van der Waals surface area contributed by atoms with Crippen molar-refractivity contribution in [3.05, 3.63) is 53.6 Å². The number of urea groups is 2. The SMILES string of the molecule is Cc1ccc(C)c(OC2CCN(C(=O)Nc3cccc(N4CCNC4=O)c3)CC2)c1. The molecule has 30 heavy (non-hydrogen) atoms. The van der Waals surface area contributed by atoms with Crippen molar-refractivity contribution in [3.63, 3.8) is 0 Å². The maximum absolute atomic E-state index is 12.7. The highest BCUT2D eigenvalue weighted by Crippen LogP contribution is 2.25. The van der Waals surface area contributed by atoms with E-state index < -0.39 is 0 Å². The van der Waals surface area contributed by atoms with Crippen molar-refractivity contribution >= 4 is 23.4 Å². The largest absolute Gasteiger partial charge is 0.490 e. The van der Waals surface area contributed by atoms with Crippen molar-refractivity contribution in [2.24, 2.45) is 0 Å². The van der Waals surface area contributed by atoms with Crippen molar-refractivity contribution in [2.75, 3.05) is 36.4 Å². The minimum absolute atomic E-state index is 0.107. The molecule has 0 saturated carbocycles. The van der Waals surface area contributed by atoms with E-state index in [1.807, 2.05) is 29.2 Å². The molecule has 7 nitrogen and oxygen atoms in total. The van der Waals surface area contributed by atoms with Crippen LogP contribution in [0.25, 0.3) is 0 Å². The lowest BCUT2D eigenvalue weighted by molar-refractivity contribution is 0.115. The molecule has 0 atom stereocenters. The van der Waals surface area contributed by atoms with Gasteiger partial charge in [-0.05, 0) is 49.2 Å². The molecular formula is C23H28N4O3. The minimum atomic E-state index is -0.122. The number of benzene rings is 2. The van der Waals surface area contributed by atoms with E-state index in [0.29, 0.717) is 31.9 Å². The maximum Gasteiger partial charge on any atom is 0.321 e. The van der Waals surface area contributed by atoms with Gasteiger partial charge in [-0.2, -0.15) is 0 Å². The van der Waals surface area contributed by atoms with E-state index in [1.54, 1.807) is 4.90 Å². The average Bonchev–Trinajstić information content (AvgIpc) is 3.17. The number of nitrogens with zero attached hydrogens (tertiary/aromatic N) is 2. The number of hydrogen-bond donors (Lipinski definition) is 2. The summed E-state index contributed by atoms with van der Waals surface area (Å²) in [6, 6.07) is 13.4. The van der Waals surface area contributed by atoms with Crippen LogP contribution in [0.15, 0.2) is 42.5 Å². The monoisotopic (exact) mass is 408 g/mol. The Morgan fingerprint density at radius 2 is 1.90 bits per heavy atom. The molecule has 2 heterocycles. The number of rotatable bonds is 4. The number of hydrogen-bond acceptors (Lipinski definition) is 3. The maximum atomic E-state index is 12.7. The van der Waals surface area contributed by atoms with Crippen LogP contribution in [0, 0.1) is 13.8 Å². The second-order valence-electron chi connectivity index (χ2n) is 7.94. The molecule has 0 radical (unpaired) electrons. The minimum Gasteiger partial charge on any atom is -0.490 e. The van der Waals surface area contributed by atoms with Gasteiger partial charge in [-0.3, -0.25) is 4.90 Å². The lowest BCUT2D eigenvalue weighted by atomic mass is 10.1. The standard InChI is InChI=1S/C23H28N4O3/c1-16-6-7-17(2)21(14-16)30-20-8-11-26(12-9-20)23(29)25-18-4-3-5-19(15-18)27-13-10-24-22(27)28/h3-7,14-15,20H,8-13H2,1-2H3,(H,24,28)(H,25,29). The number of ether oxygens (including phenoxy) is 1. The van der Waals surface area contributed by atoms with Gasteiger partial charge in [0.25, 0.3) is 0 Å². The van der Waals surface area contributed by atoms with Crippen LogP contribution in [0.2, 0.25) is 0 Å². The van der Waals surface area contributed by atoms with E-state index in [4.69, 9.17) is 4.74 Å². The molecule has 0 aliphatic carbocycles. The fraction of sp³-hybridized carbons (Fsp3) is 0.391. The highest BCUT2D eigenvalue weighted by atomic mass is 16.5. The molecule has 158 valence electrons. The summed E-state index contributed by atoms with van der Waals surface area (Å²) >= 11 is 0. The van der Waals surface area contributed by atoms with Gasteiger partial charge in [0.1, 0.15) is 11.9 Å². The van der Waals surface area contributed by atoms with Crippen LogP contribution in [0.5, 0.6) is 5.75 Å².